The van der Waals surface area contributed by atoms with Gasteiger partial charge in [0.1, 0.15) is 17.1 Å². The molecule has 7 rings (SSSR count). The van der Waals surface area contributed by atoms with E-state index in [1.807, 2.05) is 16.9 Å². The van der Waals surface area contributed by atoms with Gasteiger partial charge in [0.25, 0.3) is 10.0 Å². The summed E-state index contributed by atoms with van der Waals surface area (Å²) >= 11 is 0. The highest BCUT2D eigenvalue weighted by Crippen LogP contribution is 2.45. The first-order valence-electron chi connectivity index (χ1n) is 18.5. The van der Waals surface area contributed by atoms with Crippen LogP contribution in [-0.2, 0) is 31.2 Å². The third kappa shape index (κ3) is 7.14. The summed E-state index contributed by atoms with van der Waals surface area (Å²) in [6, 6.07) is 19.1. The van der Waals surface area contributed by atoms with E-state index in [1.54, 1.807) is 12.1 Å². The molecule has 1 unspecified atom stereocenters. The average molecular weight is 768 g/mol. The van der Waals surface area contributed by atoms with Gasteiger partial charge in [0, 0.05) is 31.2 Å². The molecule has 1 aromatic heterocycles. The number of fused-ring (bicyclic) bond motifs is 3. The van der Waals surface area contributed by atoms with E-state index < -0.39 is 49.3 Å². The van der Waals surface area contributed by atoms with Gasteiger partial charge in [-0.3, -0.25) is 14.5 Å². The summed E-state index contributed by atoms with van der Waals surface area (Å²) in [7, 11) is -4.71. The summed E-state index contributed by atoms with van der Waals surface area (Å²) in [4.78, 5) is 35.4. The van der Waals surface area contributed by atoms with E-state index in [1.165, 1.54) is 24.8 Å². The number of para-hydroxylation sites is 2. The molecular formula is C40H45F4N5O4S. The van der Waals surface area contributed by atoms with Crippen LogP contribution in [0, 0.1) is 18.2 Å². The predicted molar refractivity (Wildman–Crippen MR) is 195 cm³/mol. The largest absolute Gasteiger partial charge is 0.416 e. The molecule has 4 aromatic rings. The van der Waals surface area contributed by atoms with Crippen molar-refractivity contribution in [2.75, 3.05) is 19.6 Å². The molecule has 288 valence electrons. The number of piperidine rings is 2. The van der Waals surface area contributed by atoms with Gasteiger partial charge >= 0.3 is 6.18 Å². The van der Waals surface area contributed by atoms with E-state index in [2.05, 4.69) is 34.6 Å². The van der Waals surface area contributed by atoms with Crippen LogP contribution in [-0.4, -0.2) is 71.3 Å². The molecule has 0 saturated carbocycles. The highest BCUT2D eigenvalue weighted by molar-refractivity contribution is 7.90. The number of likely N-dealkylation sites (tertiary alicyclic amines) is 1. The molecule has 3 aromatic carbocycles. The molecule has 4 heterocycles. The Kier molecular flexibility index (Phi) is 9.91. The van der Waals surface area contributed by atoms with Crippen molar-refractivity contribution < 1.29 is 35.6 Å². The number of rotatable bonds is 9. The maximum atomic E-state index is 14.7. The van der Waals surface area contributed by atoms with Gasteiger partial charge in [-0.05, 0) is 126 Å². The summed E-state index contributed by atoms with van der Waals surface area (Å²) in [5.41, 5.74) is -0.435. The number of sulfonamides is 1. The Bertz CT molecular complexity index is 2160. The monoisotopic (exact) mass is 767 g/mol. The van der Waals surface area contributed by atoms with Crippen LogP contribution in [0.25, 0.3) is 11.0 Å². The van der Waals surface area contributed by atoms with Crippen LogP contribution in [0.4, 0.5) is 17.6 Å². The van der Waals surface area contributed by atoms with E-state index in [0.717, 1.165) is 79.3 Å². The zero-order valence-electron chi connectivity index (χ0n) is 30.6. The van der Waals surface area contributed by atoms with Crippen molar-refractivity contribution in [3.63, 3.8) is 0 Å². The molecule has 0 aliphatic carbocycles. The van der Waals surface area contributed by atoms with Crippen molar-refractivity contribution in [2.24, 2.45) is 5.41 Å². The molecular weight excluding hydrogens is 723 g/mol. The molecule has 2 bridgehead atoms. The first-order chi connectivity index (χ1) is 25.5. The lowest BCUT2D eigenvalue weighted by Crippen LogP contribution is -2.54. The topological polar surface area (TPSA) is 105 Å². The van der Waals surface area contributed by atoms with E-state index in [9.17, 15) is 35.6 Å². The molecule has 3 aliphatic rings. The van der Waals surface area contributed by atoms with Crippen molar-refractivity contribution in [3.8, 4) is 0 Å². The van der Waals surface area contributed by atoms with E-state index in [0.29, 0.717) is 37.0 Å². The summed E-state index contributed by atoms with van der Waals surface area (Å²) in [5.74, 6) is -1.06. The second-order valence-corrected chi connectivity index (χ2v) is 17.4. The number of benzene rings is 3. The van der Waals surface area contributed by atoms with Crippen molar-refractivity contribution >= 4 is 32.9 Å². The van der Waals surface area contributed by atoms with Gasteiger partial charge in [0.15, 0.2) is 0 Å². The third-order valence-electron chi connectivity index (χ3n) is 12.1. The quantitative estimate of drug-likeness (QED) is 0.143. The SMILES string of the molecule is Cc1nc2ccccc2n1C1C[C@H]2CC[C@@H](C1)N2CCC1(c2cccc(F)c2)CCN(C(=O)C(C)(C)C(=O)NS(=O)(=O)c2cccc(C(F)(F)F)c2)CC1. The van der Waals surface area contributed by atoms with Crippen LogP contribution >= 0.6 is 0 Å². The molecule has 1 N–H and O–H groups in total. The average Bonchev–Trinajstić information content (AvgIpc) is 3.60. The van der Waals surface area contributed by atoms with Crippen LogP contribution in [0.3, 0.4) is 0 Å². The summed E-state index contributed by atoms with van der Waals surface area (Å²) in [5, 5.41) is 0. The number of amides is 2. The number of carbonyl (C=O) groups is 2. The zero-order valence-corrected chi connectivity index (χ0v) is 31.4. The summed E-state index contributed by atoms with van der Waals surface area (Å²) in [6.45, 7) is 6.01. The zero-order chi connectivity index (χ0) is 38.6. The van der Waals surface area contributed by atoms with Gasteiger partial charge in [-0.2, -0.15) is 13.2 Å². The third-order valence-corrected chi connectivity index (χ3v) is 13.4. The Morgan fingerprint density at radius 1 is 0.907 bits per heavy atom. The first-order valence-corrected chi connectivity index (χ1v) is 20.0. The fraction of sp³-hybridized carbons (Fsp3) is 0.475. The lowest BCUT2D eigenvalue weighted by Gasteiger charge is -2.46. The second-order valence-electron chi connectivity index (χ2n) is 15.7. The number of aryl methyl sites for hydroxylation is 1. The van der Waals surface area contributed by atoms with Crippen molar-refractivity contribution in [2.45, 2.75) is 100 Å². The number of imidazole rings is 1. The fourth-order valence-electron chi connectivity index (χ4n) is 9.07. The van der Waals surface area contributed by atoms with Crippen LogP contribution in [0.2, 0.25) is 0 Å². The molecule has 9 nitrogen and oxygen atoms in total. The van der Waals surface area contributed by atoms with Gasteiger partial charge in [-0.1, -0.05) is 30.3 Å². The number of hydrogen-bond acceptors (Lipinski definition) is 6. The van der Waals surface area contributed by atoms with Gasteiger partial charge in [-0.25, -0.2) is 22.5 Å². The number of carbonyl (C=O) groups excluding carboxylic acids is 2. The van der Waals surface area contributed by atoms with Crippen molar-refractivity contribution in [3.05, 3.63) is 95.6 Å². The maximum absolute atomic E-state index is 14.7. The summed E-state index contributed by atoms with van der Waals surface area (Å²) < 4.78 is 84.6. The highest BCUT2D eigenvalue weighted by Gasteiger charge is 2.47. The highest BCUT2D eigenvalue weighted by atomic mass is 32.2. The summed E-state index contributed by atoms with van der Waals surface area (Å²) in [6.07, 6.45) is 1.25. The Labute approximate surface area is 312 Å². The minimum Gasteiger partial charge on any atom is -0.342 e. The smallest absolute Gasteiger partial charge is 0.342 e. The van der Waals surface area contributed by atoms with Crippen LogP contribution in [0.5, 0.6) is 0 Å². The molecule has 14 heteroatoms. The minimum absolute atomic E-state index is 0.258. The van der Waals surface area contributed by atoms with Crippen molar-refractivity contribution in [1.82, 2.24) is 24.1 Å². The van der Waals surface area contributed by atoms with Gasteiger partial charge in [0.2, 0.25) is 11.8 Å². The normalized spacial score (nSPS) is 22.1. The molecule has 3 fully saturated rings. The lowest BCUT2D eigenvalue weighted by molar-refractivity contribution is -0.149. The molecule has 3 aliphatic heterocycles. The Morgan fingerprint density at radius 2 is 1.57 bits per heavy atom. The molecule has 0 radical (unpaired) electrons. The number of aromatic nitrogens is 2. The van der Waals surface area contributed by atoms with Gasteiger partial charge < -0.3 is 9.47 Å². The number of halogens is 4. The number of alkyl halides is 3. The van der Waals surface area contributed by atoms with Gasteiger partial charge in [-0.15, -0.1) is 0 Å². The van der Waals surface area contributed by atoms with E-state index in [4.69, 9.17) is 4.98 Å². The van der Waals surface area contributed by atoms with Crippen LogP contribution in [0.1, 0.15) is 81.8 Å². The lowest BCUT2D eigenvalue weighted by atomic mass is 9.70. The number of hydrogen-bond donors (Lipinski definition) is 1. The Balaban J connectivity index is 1.03. The Hall–Kier alpha value is -4.30. The maximum Gasteiger partial charge on any atom is 0.416 e. The van der Waals surface area contributed by atoms with Crippen LogP contribution < -0.4 is 4.72 Å². The standard InChI is InChI=1S/C40H45F4N5O4S/c1-26-45-34-12-4-5-13-35(34)49(26)32-24-30-14-15-31(25-32)48(30)21-18-39(27-8-6-10-29(41)22-27)16-19-47(20-17-39)37(51)38(2,3)36(50)46-54(52,53)33-11-7-9-28(23-33)40(42,43)44/h4-13,22-23,30-32H,14-21,24-25H2,1-3H3,(H,46,50)/t30-,31+,32?. The molecule has 2 amide bonds. The molecule has 0 spiro atoms. The molecule has 3 atom stereocenters. The fourth-order valence-corrected chi connectivity index (χ4v) is 10.2. The van der Waals surface area contributed by atoms with Crippen LogP contribution in [0.15, 0.2) is 77.7 Å². The minimum atomic E-state index is -4.79. The van der Waals surface area contributed by atoms with E-state index >= 15 is 0 Å². The van der Waals surface area contributed by atoms with E-state index in [-0.39, 0.29) is 18.9 Å². The second kappa shape index (κ2) is 14.1. The molecule has 3 saturated heterocycles. The molecule has 54 heavy (non-hydrogen) atoms. The first kappa shape index (κ1) is 38.0. The van der Waals surface area contributed by atoms with Crippen molar-refractivity contribution in [1.29, 1.82) is 0 Å². The predicted octanol–water partition coefficient (Wildman–Crippen LogP) is 7.15. The Morgan fingerprint density at radius 3 is 2.24 bits per heavy atom. The van der Waals surface area contributed by atoms with Gasteiger partial charge in [0.05, 0.1) is 21.5 Å². The number of nitrogens with one attached hydrogen (secondary N) is 1. The number of nitrogens with zero attached hydrogens (tertiary/aromatic N) is 4.